The van der Waals surface area contributed by atoms with E-state index in [-0.39, 0.29) is 5.91 Å². The van der Waals surface area contributed by atoms with Gasteiger partial charge in [-0.2, -0.15) is 0 Å². The molecule has 5 heteroatoms. The van der Waals surface area contributed by atoms with Crippen LogP contribution in [0.15, 0.2) is 46.9 Å². The summed E-state index contributed by atoms with van der Waals surface area (Å²) in [6, 6.07) is 13.1. The van der Waals surface area contributed by atoms with Gasteiger partial charge in [-0.25, -0.2) is 0 Å². The number of amides is 1. The Labute approximate surface area is 132 Å². The average molecular weight is 349 g/mol. The zero-order valence-corrected chi connectivity index (χ0v) is 13.3. The minimum atomic E-state index is -0.0400. The van der Waals surface area contributed by atoms with Crippen LogP contribution in [0.4, 0.5) is 5.69 Å². The lowest BCUT2D eigenvalue weighted by Gasteiger charge is -2.10. The van der Waals surface area contributed by atoms with E-state index >= 15 is 0 Å². The summed E-state index contributed by atoms with van der Waals surface area (Å²) in [6.45, 7) is 0.392. The third kappa shape index (κ3) is 4.49. The van der Waals surface area contributed by atoms with Crippen LogP contribution in [0.5, 0.6) is 5.75 Å². The number of nitrogens with two attached hydrogens (primary N) is 1. The summed E-state index contributed by atoms with van der Waals surface area (Å²) in [7, 11) is 1.60. The number of nitrogen functional groups attached to an aromatic ring is 1. The maximum Gasteiger partial charge on any atom is 0.224 e. The molecule has 21 heavy (non-hydrogen) atoms. The fourth-order valence-corrected chi connectivity index (χ4v) is 2.24. The fourth-order valence-electron chi connectivity index (χ4n) is 1.98. The molecule has 1 amide bonds. The molecule has 2 rings (SSSR count). The van der Waals surface area contributed by atoms with Crippen molar-refractivity contribution < 1.29 is 9.53 Å². The molecule has 0 aromatic heterocycles. The molecule has 2 aromatic carbocycles. The lowest BCUT2D eigenvalue weighted by atomic mass is 10.1. The summed E-state index contributed by atoms with van der Waals surface area (Å²) in [5, 5.41) is 2.88. The van der Waals surface area contributed by atoms with Gasteiger partial charge < -0.3 is 15.8 Å². The van der Waals surface area contributed by atoms with Gasteiger partial charge in [0, 0.05) is 22.3 Å². The molecule has 0 aliphatic rings. The Morgan fingerprint density at radius 2 is 1.95 bits per heavy atom. The highest BCUT2D eigenvalue weighted by Crippen LogP contribution is 2.20. The lowest BCUT2D eigenvalue weighted by molar-refractivity contribution is -0.120. The van der Waals surface area contributed by atoms with Crippen molar-refractivity contribution in [1.29, 1.82) is 0 Å². The molecule has 0 heterocycles. The number of benzene rings is 2. The number of carbonyl (C=O) groups is 1. The van der Waals surface area contributed by atoms with Crippen molar-refractivity contribution in [1.82, 2.24) is 5.32 Å². The topological polar surface area (TPSA) is 64.3 Å². The van der Waals surface area contributed by atoms with Crippen LogP contribution in [-0.4, -0.2) is 13.0 Å². The maximum absolute atomic E-state index is 12.0. The Balaban J connectivity index is 1.95. The van der Waals surface area contributed by atoms with Crippen molar-refractivity contribution in [2.75, 3.05) is 12.8 Å². The van der Waals surface area contributed by atoms with Crippen molar-refractivity contribution in [2.45, 2.75) is 13.0 Å². The van der Waals surface area contributed by atoms with E-state index in [2.05, 4.69) is 21.2 Å². The standard InChI is InChI=1S/C16H17BrN2O2/c1-21-15-7-6-14(18)9-12(15)10-19-16(20)8-11-2-4-13(17)5-3-11/h2-7,9H,8,10,18H2,1H3,(H,19,20). The molecule has 0 aliphatic heterocycles. The molecule has 2 aromatic rings. The number of hydrogen-bond donors (Lipinski definition) is 2. The van der Waals surface area contributed by atoms with Crippen LogP contribution in [0.25, 0.3) is 0 Å². The molecule has 0 atom stereocenters. The van der Waals surface area contributed by atoms with Gasteiger partial charge in [0.05, 0.1) is 13.5 Å². The maximum atomic E-state index is 12.0. The second-order valence-electron chi connectivity index (χ2n) is 4.65. The molecule has 0 aliphatic carbocycles. The Hall–Kier alpha value is -2.01. The van der Waals surface area contributed by atoms with E-state index in [1.807, 2.05) is 24.3 Å². The molecular weight excluding hydrogens is 332 g/mol. The van der Waals surface area contributed by atoms with E-state index in [4.69, 9.17) is 10.5 Å². The van der Waals surface area contributed by atoms with E-state index in [9.17, 15) is 4.79 Å². The first-order chi connectivity index (χ1) is 10.1. The fraction of sp³-hybridized carbons (Fsp3) is 0.188. The highest BCUT2D eigenvalue weighted by molar-refractivity contribution is 9.10. The second-order valence-corrected chi connectivity index (χ2v) is 5.57. The largest absolute Gasteiger partial charge is 0.496 e. The number of hydrogen-bond acceptors (Lipinski definition) is 3. The van der Waals surface area contributed by atoms with Gasteiger partial charge in [-0.1, -0.05) is 28.1 Å². The molecule has 0 radical (unpaired) electrons. The molecule has 0 fully saturated rings. The molecule has 0 saturated heterocycles. The summed E-state index contributed by atoms with van der Waals surface area (Å²) in [5.41, 5.74) is 8.23. The quantitative estimate of drug-likeness (QED) is 0.816. The molecule has 0 saturated carbocycles. The van der Waals surface area contributed by atoms with Crippen molar-refractivity contribution in [3.63, 3.8) is 0 Å². The van der Waals surface area contributed by atoms with Gasteiger partial charge in [-0.15, -0.1) is 0 Å². The zero-order valence-electron chi connectivity index (χ0n) is 11.7. The molecule has 0 unspecified atom stereocenters. The van der Waals surface area contributed by atoms with Crippen LogP contribution in [0.2, 0.25) is 0 Å². The predicted octanol–water partition coefficient (Wildman–Crippen LogP) is 2.90. The zero-order chi connectivity index (χ0) is 15.2. The minimum Gasteiger partial charge on any atom is -0.496 e. The Morgan fingerprint density at radius 3 is 2.62 bits per heavy atom. The van der Waals surface area contributed by atoms with Crippen molar-refractivity contribution in [3.05, 3.63) is 58.1 Å². The number of anilines is 1. The van der Waals surface area contributed by atoms with Crippen molar-refractivity contribution in [3.8, 4) is 5.75 Å². The number of ether oxygens (including phenoxy) is 1. The van der Waals surface area contributed by atoms with Gasteiger partial charge in [0.25, 0.3) is 0 Å². The minimum absolute atomic E-state index is 0.0400. The molecule has 0 bridgehead atoms. The van der Waals surface area contributed by atoms with Gasteiger partial charge in [0.2, 0.25) is 5.91 Å². The summed E-state index contributed by atoms with van der Waals surface area (Å²) in [5.74, 6) is 0.676. The number of nitrogens with one attached hydrogen (secondary N) is 1. The van der Waals surface area contributed by atoms with Gasteiger partial charge in [0.1, 0.15) is 5.75 Å². The predicted molar refractivity (Wildman–Crippen MR) is 87.1 cm³/mol. The van der Waals surface area contributed by atoms with Crippen molar-refractivity contribution >= 4 is 27.5 Å². The van der Waals surface area contributed by atoms with Crippen molar-refractivity contribution in [2.24, 2.45) is 0 Å². The van der Waals surface area contributed by atoms with E-state index < -0.39 is 0 Å². The lowest BCUT2D eigenvalue weighted by Crippen LogP contribution is -2.24. The van der Waals surface area contributed by atoms with Crippen LogP contribution in [0.3, 0.4) is 0 Å². The Morgan fingerprint density at radius 1 is 1.24 bits per heavy atom. The summed E-state index contributed by atoms with van der Waals surface area (Å²) in [4.78, 5) is 12.0. The van der Waals surface area contributed by atoms with Gasteiger partial charge in [-0.05, 0) is 35.9 Å². The Bertz CT molecular complexity index is 627. The highest BCUT2D eigenvalue weighted by atomic mass is 79.9. The van der Waals surface area contributed by atoms with Crippen LogP contribution in [0.1, 0.15) is 11.1 Å². The molecule has 110 valence electrons. The van der Waals surface area contributed by atoms with E-state index in [1.165, 1.54) is 0 Å². The number of rotatable bonds is 5. The normalized spacial score (nSPS) is 10.2. The third-order valence-corrected chi connectivity index (χ3v) is 3.59. The number of halogens is 1. The number of carbonyl (C=O) groups excluding carboxylic acids is 1. The molecule has 3 N–H and O–H groups in total. The van der Waals surface area contributed by atoms with E-state index in [0.29, 0.717) is 24.4 Å². The van der Waals surface area contributed by atoms with E-state index in [0.717, 1.165) is 15.6 Å². The second kappa shape index (κ2) is 7.13. The number of methoxy groups -OCH3 is 1. The highest BCUT2D eigenvalue weighted by Gasteiger charge is 2.07. The molecular formula is C16H17BrN2O2. The summed E-state index contributed by atoms with van der Waals surface area (Å²) in [6.07, 6.45) is 0.345. The third-order valence-electron chi connectivity index (χ3n) is 3.06. The van der Waals surface area contributed by atoms with Crippen LogP contribution >= 0.6 is 15.9 Å². The smallest absolute Gasteiger partial charge is 0.224 e. The van der Waals surface area contributed by atoms with Gasteiger partial charge >= 0.3 is 0 Å². The van der Waals surface area contributed by atoms with E-state index in [1.54, 1.807) is 25.3 Å². The molecule has 0 spiro atoms. The van der Waals surface area contributed by atoms with Crippen LogP contribution in [-0.2, 0) is 17.8 Å². The van der Waals surface area contributed by atoms with Crippen LogP contribution in [0, 0.1) is 0 Å². The van der Waals surface area contributed by atoms with Crippen LogP contribution < -0.4 is 15.8 Å². The van der Waals surface area contributed by atoms with Gasteiger partial charge in [-0.3, -0.25) is 4.79 Å². The first-order valence-electron chi connectivity index (χ1n) is 6.52. The summed E-state index contributed by atoms with van der Waals surface area (Å²) >= 11 is 3.37. The molecule has 4 nitrogen and oxygen atoms in total. The summed E-state index contributed by atoms with van der Waals surface area (Å²) < 4.78 is 6.25. The SMILES string of the molecule is COc1ccc(N)cc1CNC(=O)Cc1ccc(Br)cc1. The first kappa shape index (κ1) is 15.4. The van der Waals surface area contributed by atoms with Gasteiger partial charge in [0.15, 0.2) is 0 Å². The monoisotopic (exact) mass is 348 g/mol. The first-order valence-corrected chi connectivity index (χ1v) is 7.31. The Kier molecular flexibility index (Phi) is 5.22. The average Bonchev–Trinajstić information content (AvgIpc) is 2.48.